The van der Waals surface area contributed by atoms with E-state index in [9.17, 15) is 24.2 Å². The number of nitrogens with zero attached hydrogens (tertiary/aromatic N) is 1. The van der Waals surface area contributed by atoms with Gasteiger partial charge in [0.1, 0.15) is 17.3 Å². The summed E-state index contributed by atoms with van der Waals surface area (Å²) in [7, 11) is 0. The van der Waals surface area contributed by atoms with Crippen molar-refractivity contribution in [2.45, 2.75) is 6.04 Å². The molecule has 8 heteroatoms. The third kappa shape index (κ3) is 3.76. The summed E-state index contributed by atoms with van der Waals surface area (Å²) in [5.74, 6) is -3.07. The maximum absolute atomic E-state index is 13.9. The lowest BCUT2D eigenvalue weighted by atomic mass is 9.95. The highest BCUT2D eigenvalue weighted by Crippen LogP contribution is 2.43. The van der Waals surface area contributed by atoms with Gasteiger partial charge >= 0.3 is 0 Å². The van der Waals surface area contributed by atoms with Crippen LogP contribution in [-0.2, 0) is 9.59 Å². The first-order valence-electron chi connectivity index (χ1n) is 9.09. The van der Waals surface area contributed by atoms with Crippen LogP contribution in [0.15, 0.2) is 72.3 Å². The summed E-state index contributed by atoms with van der Waals surface area (Å²) in [5.41, 5.74) is 0.434. The van der Waals surface area contributed by atoms with Crippen molar-refractivity contribution in [2.75, 3.05) is 4.90 Å². The first-order chi connectivity index (χ1) is 14.8. The van der Waals surface area contributed by atoms with Gasteiger partial charge in [0, 0.05) is 11.3 Å². The molecule has 0 bridgehead atoms. The number of aromatic hydroxyl groups is 1. The zero-order valence-electron chi connectivity index (χ0n) is 15.7. The number of benzene rings is 3. The van der Waals surface area contributed by atoms with E-state index in [0.717, 1.165) is 11.0 Å². The minimum Gasteiger partial charge on any atom is -0.508 e. The zero-order chi connectivity index (χ0) is 22.3. The summed E-state index contributed by atoms with van der Waals surface area (Å²) in [6.45, 7) is 0. The summed E-state index contributed by atoms with van der Waals surface area (Å²) < 4.78 is 13.9. The van der Waals surface area contributed by atoms with Gasteiger partial charge in [0.15, 0.2) is 0 Å². The normalized spacial score (nSPS) is 17.9. The van der Waals surface area contributed by atoms with Crippen molar-refractivity contribution in [3.05, 3.63) is 99.3 Å². The Hall–Kier alpha value is -3.35. The molecule has 0 spiro atoms. The second-order valence-corrected chi connectivity index (χ2v) is 7.69. The lowest BCUT2D eigenvalue weighted by Gasteiger charge is -2.25. The molecule has 0 radical (unpaired) electrons. The number of phenols is 1. The number of amides is 1. The van der Waals surface area contributed by atoms with Gasteiger partial charge in [-0.15, -0.1) is 0 Å². The number of hydrogen-bond donors (Lipinski definition) is 2. The second kappa shape index (κ2) is 8.06. The molecule has 1 heterocycles. The van der Waals surface area contributed by atoms with Gasteiger partial charge in [0.2, 0.25) is 0 Å². The van der Waals surface area contributed by atoms with Gasteiger partial charge in [-0.2, -0.15) is 0 Å². The molecule has 1 fully saturated rings. The van der Waals surface area contributed by atoms with Gasteiger partial charge < -0.3 is 10.2 Å². The number of hydrogen-bond acceptors (Lipinski definition) is 4. The van der Waals surface area contributed by atoms with Crippen LogP contribution in [0.2, 0.25) is 10.0 Å². The van der Waals surface area contributed by atoms with Crippen molar-refractivity contribution in [3.63, 3.8) is 0 Å². The standard InChI is InChI=1S/C23H14Cl2FNO4/c24-17-8-7-13(10-18(17)25)21(29)19-20(12-3-1-6-16(28)9-12)27(23(31)22(19)30)15-5-2-4-14(26)11-15/h1-11,20,28-29H/b21-19+. The van der Waals surface area contributed by atoms with Crippen LogP contribution in [0.5, 0.6) is 5.75 Å². The number of aliphatic hydroxyl groups is 1. The molecule has 1 amide bonds. The third-order valence-electron chi connectivity index (χ3n) is 4.91. The van der Waals surface area contributed by atoms with Gasteiger partial charge in [0.25, 0.3) is 11.7 Å². The molecule has 1 aliphatic rings. The lowest BCUT2D eigenvalue weighted by Crippen LogP contribution is -2.29. The molecule has 4 rings (SSSR count). The van der Waals surface area contributed by atoms with Gasteiger partial charge in [-0.25, -0.2) is 4.39 Å². The third-order valence-corrected chi connectivity index (χ3v) is 5.65. The van der Waals surface area contributed by atoms with E-state index < -0.39 is 29.3 Å². The molecule has 0 aliphatic carbocycles. The first-order valence-corrected chi connectivity index (χ1v) is 9.84. The molecule has 156 valence electrons. The Balaban J connectivity index is 1.97. The van der Waals surface area contributed by atoms with Gasteiger partial charge in [0.05, 0.1) is 21.7 Å². The van der Waals surface area contributed by atoms with Crippen LogP contribution in [0.1, 0.15) is 17.2 Å². The maximum atomic E-state index is 13.9. The highest BCUT2D eigenvalue weighted by atomic mass is 35.5. The van der Waals surface area contributed by atoms with E-state index in [-0.39, 0.29) is 32.6 Å². The van der Waals surface area contributed by atoms with Gasteiger partial charge in [-0.1, -0.05) is 41.4 Å². The van der Waals surface area contributed by atoms with Crippen LogP contribution < -0.4 is 4.90 Å². The Morgan fingerprint density at radius 3 is 2.35 bits per heavy atom. The zero-order valence-corrected chi connectivity index (χ0v) is 17.2. The van der Waals surface area contributed by atoms with E-state index in [4.69, 9.17) is 23.2 Å². The Kier molecular flexibility index (Phi) is 5.43. The number of aliphatic hydroxyl groups excluding tert-OH is 1. The predicted molar refractivity (Wildman–Crippen MR) is 116 cm³/mol. The van der Waals surface area contributed by atoms with Crippen LogP contribution in [-0.4, -0.2) is 21.9 Å². The number of ketones is 1. The molecule has 2 N–H and O–H groups in total. The van der Waals surface area contributed by atoms with Crippen molar-refractivity contribution in [1.82, 2.24) is 0 Å². The van der Waals surface area contributed by atoms with Gasteiger partial charge in [-0.3, -0.25) is 14.5 Å². The smallest absolute Gasteiger partial charge is 0.300 e. The second-order valence-electron chi connectivity index (χ2n) is 6.87. The van der Waals surface area contributed by atoms with Gasteiger partial charge in [-0.05, 0) is 54.1 Å². The summed E-state index contributed by atoms with van der Waals surface area (Å²) in [5, 5.41) is 21.3. The molecule has 5 nitrogen and oxygen atoms in total. The number of Topliss-reactive ketones (excluding diaryl/α,β-unsaturated/α-hetero) is 1. The number of anilines is 1. The molecule has 1 saturated heterocycles. The van der Waals surface area contributed by atoms with E-state index in [1.807, 2.05) is 0 Å². The van der Waals surface area contributed by atoms with E-state index in [1.54, 1.807) is 6.07 Å². The average molecular weight is 458 g/mol. The molecule has 31 heavy (non-hydrogen) atoms. The van der Waals surface area contributed by atoms with Crippen molar-refractivity contribution in [3.8, 4) is 5.75 Å². The molecular weight excluding hydrogens is 444 g/mol. The number of rotatable bonds is 3. The molecule has 0 aromatic heterocycles. The quantitative estimate of drug-likeness (QED) is 0.310. The Morgan fingerprint density at radius 2 is 1.68 bits per heavy atom. The van der Waals surface area contributed by atoms with Crippen LogP contribution in [0.3, 0.4) is 0 Å². The van der Waals surface area contributed by atoms with Crippen molar-refractivity contribution in [1.29, 1.82) is 0 Å². The van der Waals surface area contributed by atoms with Crippen molar-refractivity contribution < 1.29 is 24.2 Å². The van der Waals surface area contributed by atoms with E-state index >= 15 is 0 Å². The molecular formula is C23H14Cl2FNO4. The van der Waals surface area contributed by atoms with E-state index in [2.05, 4.69) is 0 Å². The topological polar surface area (TPSA) is 77.8 Å². The summed E-state index contributed by atoms with van der Waals surface area (Å²) >= 11 is 12.0. The predicted octanol–water partition coefficient (Wildman–Crippen LogP) is 5.46. The molecule has 1 unspecified atom stereocenters. The van der Waals surface area contributed by atoms with Crippen molar-refractivity contribution >= 4 is 46.3 Å². The van der Waals surface area contributed by atoms with Crippen LogP contribution >= 0.6 is 23.2 Å². The summed E-state index contributed by atoms with van der Waals surface area (Å²) in [4.78, 5) is 27.0. The monoisotopic (exact) mass is 457 g/mol. The minimum absolute atomic E-state index is 0.100. The van der Waals surface area contributed by atoms with Crippen LogP contribution in [0, 0.1) is 5.82 Å². The Morgan fingerprint density at radius 1 is 0.935 bits per heavy atom. The van der Waals surface area contributed by atoms with Crippen LogP contribution in [0.25, 0.3) is 5.76 Å². The van der Waals surface area contributed by atoms with Crippen LogP contribution in [0.4, 0.5) is 10.1 Å². The minimum atomic E-state index is -1.11. The summed E-state index contributed by atoms with van der Waals surface area (Å²) in [6, 6.07) is 14.3. The van der Waals surface area contributed by atoms with E-state index in [0.29, 0.717) is 5.56 Å². The largest absolute Gasteiger partial charge is 0.508 e. The molecule has 1 aliphatic heterocycles. The average Bonchev–Trinajstić information content (AvgIpc) is 3.00. The number of carbonyl (C=O) groups excluding carboxylic acids is 2. The fraction of sp³-hybridized carbons (Fsp3) is 0.0435. The Labute approximate surface area is 186 Å². The maximum Gasteiger partial charge on any atom is 0.300 e. The lowest BCUT2D eigenvalue weighted by molar-refractivity contribution is -0.132. The highest BCUT2D eigenvalue weighted by Gasteiger charge is 2.47. The molecule has 3 aromatic rings. The SMILES string of the molecule is O=C1C(=O)N(c2cccc(F)c2)C(c2cccc(O)c2)/C1=C(\O)c1ccc(Cl)c(Cl)c1. The molecule has 3 aromatic carbocycles. The number of carbonyl (C=O) groups is 2. The number of phenolic OH excluding ortho intramolecular Hbond substituents is 1. The molecule has 0 saturated carbocycles. The van der Waals surface area contributed by atoms with Crippen molar-refractivity contribution in [2.24, 2.45) is 0 Å². The fourth-order valence-corrected chi connectivity index (χ4v) is 3.83. The number of halogens is 3. The first kappa shape index (κ1) is 20.9. The molecule has 1 atom stereocenters. The van der Waals surface area contributed by atoms with E-state index in [1.165, 1.54) is 54.6 Å². The summed E-state index contributed by atoms with van der Waals surface area (Å²) in [6.07, 6.45) is 0. The Bertz CT molecular complexity index is 1260. The highest BCUT2D eigenvalue weighted by molar-refractivity contribution is 6.51. The fourth-order valence-electron chi connectivity index (χ4n) is 3.53.